The molecular weight excluding hydrogens is 453 g/mol. The van der Waals surface area contributed by atoms with Gasteiger partial charge in [0.2, 0.25) is 0 Å². The Morgan fingerprint density at radius 1 is 1.24 bits per heavy atom. The van der Waals surface area contributed by atoms with E-state index in [1.165, 1.54) is 11.6 Å². The number of anilines is 1. The molecule has 0 bridgehead atoms. The number of carboxylic acid groups (broad SMARTS) is 1. The number of halogens is 2. The Morgan fingerprint density at radius 3 is 2.42 bits per heavy atom. The summed E-state index contributed by atoms with van der Waals surface area (Å²) in [7, 11) is 8.50. The third kappa shape index (κ3) is 7.57. The molecule has 0 saturated heterocycles. The van der Waals surface area contributed by atoms with Crippen LogP contribution in [0.4, 0.5) is 10.1 Å². The summed E-state index contributed by atoms with van der Waals surface area (Å²) < 4.78 is 15.4. The average molecular weight is 482 g/mol. The van der Waals surface area contributed by atoms with Crippen LogP contribution >= 0.6 is 11.6 Å². The summed E-state index contributed by atoms with van der Waals surface area (Å²) in [6, 6.07) is 2.37. The fourth-order valence-corrected chi connectivity index (χ4v) is 3.45. The topological polar surface area (TPSA) is 108 Å². The molecule has 1 aromatic rings. The van der Waals surface area contributed by atoms with Crippen LogP contribution in [0.2, 0.25) is 0 Å². The molecule has 1 aromatic carbocycles. The first-order valence-electron chi connectivity index (χ1n) is 10.5. The number of hydrogen-bond donors (Lipinski definition) is 2. The Labute approximate surface area is 197 Å². The lowest BCUT2D eigenvalue weighted by Gasteiger charge is -2.25. The number of hydrogen-bond acceptors (Lipinski definition) is 5. The van der Waals surface area contributed by atoms with E-state index in [0.29, 0.717) is 18.4 Å². The molecule has 2 amide bonds. The zero-order valence-corrected chi connectivity index (χ0v) is 19.9. The lowest BCUT2D eigenvalue weighted by atomic mass is 9.90. The van der Waals surface area contributed by atoms with Gasteiger partial charge in [0.25, 0.3) is 11.8 Å². The molecule has 1 heterocycles. The molecule has 3 rings (SSSR count). The lowest BCUT2D eigenvalue weighted by molar-refractivity contribution is -0.849. The highest BCUT2D eigenvalue weighted by Crippen LogP contribution is 2.37. The predicted octanol–water partition coefficient (Wildman–Crippen LogP) is 2.36. The number of carboxylic acids is 1. The highest BCUT2D eigenvalue weighted by atomic mass is 35.5. The van der Waals surface area contributed by atoms with Gasteiger partial charge in [0.05, 0.1) is 45.8 Å². The molecule has 33 heavy (non-hydrogen) atoms. The Hall–Kier alpha value is -2.91. The largest absolute Gasteiger partial charge is 0.545 e. The van der Waals surface area contributed by atoms with E-state index in [0.717, 1.165) is 10.5 Å². The van der Waals surface area contributed by atoms with Crippen LogP contribution in [0, 0.1) is 5.82 Å². The second-order valence-electron chi connectivity index (χ2n) is 9.18. The molecule has 0 aromatic heterocycles. The summed E-state index contributed by atoms with van der Waals surface area (Å²) in [5, 5.41) is 13.7. The number of benzene rings is 1. The van der Waals surface area contributed by atoms with Crippen molar-refractivity contribution in [2.45, 2.75) is 38.0 Å². The second-order valence-corrected chi connectivity index (χ2v) is 9.43. The number of amides is 2. The van der Waals surface area contributed by atoms with Crippen molar-refractivity contribution >= 4 is 35.1 Å². The number of quaternary nitrogens is 1. The third-order valence-corrected chi connectivity index (χ3v) is 4.93. The van der Waals surface area contributed by atoms with Crippen molar-refractivity contribution in [3.05, 3.63) is 46.3 Å². The van der Waals surface area contributed by atoms with Gasteiger partial charge in [0, 0.05) is 22.7 Å². The van der Waals surface area contributed by atoms with E-state index >= 15 is 0 Å². The van der Waals surface area contributed by atoms with Crippen molar-refractivity contribution in [3.63, 3.8) is 0 Å². The van der Waals surface area contributed by atoms with E-state index in [1.54, 1.807) is 6.08 Å². The zero-order valence-electron chi connectivity index (χ0n) is 19.2. The summed E-state index contributed by atoms with van der Waals surface area (Å²) in [4.78, 5) is 40.9. The van der Waals surface area contributed by atoms with Crippen molar-refractivity contribution in [3.8, 4) is 5.75 Å². The first kappa shape index (κ1) is 26.3. The molecule has 180 valence electrons. The van der Waals surface area contributed by atoms with Crippen LogP contribution in [-0.2, 0) is 14.4 Å². The van der Waals surface area contributed by atoms with Crippen molar-refractivity contribution in [1.29, 1.82) is 0 Å². The lowest BCUT2D eigenvalue weighted by Crippen LogP contribution is -2.37. The number of fused-ring (bicyclic) bond motifs is 1. The minimum atomic E-state index is -1.39. The van der Waals surface area contributed by atoms with E-state index in [4.69, 9.17) is 16.4 Å². The maximum atomic E-state index is 14.4. The fourth-order valence-electron chi connectivity index (χ4n) is 3.35. The summed E-state index contributed by atoms with van der Waals surface area (Å²) in [6.07, 6.45) is 3.64. The molecule has 2 N–H and O–H groups in total. The van der Waals surface area contributed by atoms with Gasteiger partial charge >= 0.3 is 0 Å². The van der Waals surface area contributed by atoms with Crippen LogP contribution < -0.4 is 20.7 Å². The Balaban J connectivity index is 0.000000696. The number of rotatable bonds is 5. The maximum absolute atomic E-state index is 14.4. The molecule has 0 spiro atoms. The number of nitrogens with zero attached hydrogens (tertiary/aromatic N) is 1. The van der Waals surface area contributed by atoms with Crippen molar-refractivity contribution < 1.29 is 33.2 Å². The van der Waals surface area contributed by atoms with E-state index in [-0.39, 0.29) is 41.8 Å². The molecule has 1 aliphatic carbocycles. The van der Waals surface area contributed by atoms with E-state index in [1.807, 2.05) is 0 Å². The van der Waals surface area contributed by atoms with Gasteiger partial charge in [-0.25, -0.2) is 4.39 Å². The molecular formula is C23H29ClFN3O5. The highest BCUT2D eigenvalue weighted by molar-refractivity contribution is 6.25. The number of hydroxylamine groups is 1. The standard InChI is InChI=1S/C19H18ClFN2O5.C4H12N/c20-7-3-6-11-13-8-15(14(21)9-16(13)28-23-18(11)25)22-17(24)10-4-1-2-5-12(10)19(26)27;1-5(2,3)4/h3,7-9,11H,1-2,4-6H2,(H,22,24)(H,23,25)(H,26,27);1-4H3/q;+1/p-1. The second kappa shape index (κ2) is 11.3. The summed E-state index contributed by atoms with van der Waals surface area (Å²) in [5.74, 6) is -3.86. The van der Waals surface area contributed by atoms with Gasteiger partial charge < -0.3 is 24.5 Å². The molecule has 8 nitrogen and oxygen atoms in total. The Kier molecular flexibility index (Phi) is 9.01. The number of carbonyl (C=O) groups excluding carboxylic acids is 3. The van der Waals surface area contributed by atoms with Gasteiger partial charge in [0.15, 0.2) is 11.6 Å². The SMILES string of the molecule is C[N+](C)(C)C.O=C([O-])C1=C(C(=O)Nc2cc3c(cc2F)ONC(=O)C3CC=CCl)CCCC1. The molecule has 10 heteroatoms. The minimum Gasteiger partial charge on any atom is -0.545 e. The van der Waals surface area contributed by atoms with Crippen LogP contribution in [-0.4, -0.2) is 50.5 Å². The highest BCUT2D eigenvalue weighted by Gasteiger charge is 2.30. The monoisotopic (exact) mass is 481 g/mol. The Morgan fingerprint density at radius 2 is 1.85 bits per heavy atom. The quantitative estimate of drug-likeness (QED) is 0.628. The number of allylic oxidation sites excluding steroid dienone is 1. The molecule has 1 atom stereocenters. The zero-order chi connectivity index (χ0) is 24.8. The van der Waals surface area contributed by atoms with Gasteiger partial charge in [-0.05, 0) is 43.7 Å². The van der Waals surface area contributed by atoms with Crippen molar-refractivity contribution in [2.24, 2.45) is 0 Å². The van der Waals surface area contributed by atoms with E-state index in [2.05, 4.69) is 39.0 Å². The molecule has 1 aliphatic heterocycles. The van der Waals surface area contributed by atoms with E-state index in [9.17, 15) is 23.9 Å². The van der Waals surface area contributed by atoms with Crippen LogP contribution in [0.25, 0.3) is 0 Å². The summed E-state index contributed by atoms with van der Waals surface area (Å²) in [5.41, 5.74) is 3.71. The number of carbonyl (C=O) groups is 3. The molecule has 0 saturated carbocycles. The number of aliphatic carboxylic acids is 1. The number of nitrogens with one attached hydrogen (secondary N) is 2. The van der Waals surface area contributed by atoms with Gasteiger partial charge in [-0.3, -0.25) is 9.59 Å². The normalized spacial score (nSPS) is 18.0. The third-order valence-electron chi connectivity index (χ3n) is 4.75. The van der Waals surface area contributed by atoms with Crippen molar-refractivity contribution in [1.82, 2.24) is 5.48 Å². The molecule has 1 unspecified atom stereocenters. The van der Waals surface area contributed by atoms with Crippen LogP contribution in [0.3, 0.4) is 0 Å². The van der Waals surface area contributed by atoms with Crippen LogP contribution in [0.15, 0.2) is 34.9 Å². The summed E-state index contributed by atoms with van der Waals surface area (Å²) >= 11 is 5.53. The first-order chi connectivity index (χ1) is 15.4. The van der Waals surface area contributed by atoms with Crippen LogP contribution in [0.1, 0.15) is 43.6 Å². The van der Waals surface area contributed by atoms with Gasteiger partial charge in [-0.2, -0.15) is 5.48 Å². The fraction of sp³-hybridized carbons (Fsp3) is 0.435. The van der Waals surface area contributed by atoms with Crippen molar-refractivity contribution in [2.75, 3.05) is 33.5 Å². The maximum Gasteiger partial charge on any atom is 0.260 e. The van der Waals surface area contributed by atoms with Gasteiger partial charge in [-0.15, -0.1) is 0 Å². The first-order valence-corrected chi connectivity index (χ1v) is 10.9. The smallest absolute Gasteiger partial charge is 0.260 e. The van der Waals surface area contributed by atoms with E-state index < -0.39 is 29.5 Å². The molecule has 2 aliphatic rings. The predicted molar refractivity (Wildman–Crippen MR) is 121 cm³/mol. The van der Waals surface area contributed by atoms with Crippen LogP contribution in [0.5, 0.6) is 5.75 Å². The average Bonchev–Trinajstić information content (AvgIpc) is 2.72. The van der Waals surface area contributed by atoms with Gasteiger partial charge in [0.1, 0.15) is 0 Å². The molecule has 0 radical (unpaired) electrons. The Bertz CT molecular complexity index is 979. The van der Waals surface area contributed by atoms with Gasteiger partial charge in [-0.1, -0.05) is 17.7 Å². The minimum absolute atomic E-state index is 0.0602. The summed E-state index contributed by atoms with van der Waals surface area (Å²) in [6.45, 7) is 0. The molecule has 0 fully saturated rings.